The highest BCUT2D eigenvalue weighted by molar-refractivity contribution is 5.88. The maximum atomic E-state index is 10.1. The van der Waals surface area contributed by atoms with Crippen LogP contribution in [0.2, 0.25) is 0 Å². The Morgan fingerprint density at radius 1 is 0.550 bits per heavy atom. The SMILES string of the molecule is O=C(O)CC(=O)O.O=C(O)CN(CC(=O)O)CC(=O)O. The van der Waals surface area contributed by atoms with Gasteiger partial charge in [0.15, 0.2) is 0 Å². The summed E-state index contributed by atoms with van der Waals surface area (Å²) in [6.45, 7) is -1.80. The number of carbonyl (C=O) groups is 5. The number of rotatable bonds is 8. The lowest BCUT2D eigenvalue weighted by Crippen LogP contribution is -2.38. The Kier molecular flexibility index (Phi) is 10.1. The third-order valence-electron chi connectivity index (χ3n) is 1.38. The summed E-state index contributed by atoms with van der Waals surface area (Å²) < 4.78 is 0. The second-order valence-electron chi connectivity index (χ2n) is 3.29. The van der Waals surface area contributed by atoms with E-state index < -0.39 is 55.9 Å². The summed E-state index contributed by atoms with van der Waals surface area (Å²) in [6, 6.07) is 0. The second kappa shape index (κ2) is 10.3. The van der Waals surface area contributed by atoms with Gasteiger partial charge in [0.2, 0.25) is 0 Å². The lowest BCUT2D eigenvalue weighted by Gasteiger charge is -2.14. The van der Waals surface area contributed by atoms with E-state index in [0.29, 0.717) is 0 Å². The Morgan fingerprint density at radius 2 is 0.800 bits per heavy atom. The van der Waals surface area contributed by atoms with Crippen molar-refractivity contribution in [2.45, 2.75) is 6.42 Å². The summed E-state index contributed by atoms with van der Waals surface area (Å²) in [4.78, 5) is 50.1. The molecule has 0 atom stereocenters. The Bertz CT molecular complexity index is 340. The zero-order valence-electron chi connectivity index (χ0n) is 10.1. The van der Waals surface area contributed by atoms with Gasteiger partial charge in [-0.1, -0.05) is 0 Å². The molecule has 0 fully saturated rings. The van der Waals surface area contributed by atoms with Gasteiger partial charge in [-0.25, -0.2) is 0 Å². The van der Waals surface area contributed by atoms with Crippen LogP contribution in [0.1, 0.15) is 6.42 Å². The van der Waals surface area contributed by atoms with E-state index in [-0.39, 0.29) is 0 Å². The predicted octanol–water partition coefficient (Wildman–Crippen LogP) is -1.91. The van der Waals surface area contributed by atoms with Gasteiger partial charge >= 0.3 is 29.8 Å². The molecule has 0 unspecified atom stereocenters. The van der Waals surface area contributed by atoms with Crippen LogP contribution in [0, 0.1) is 0 Å². The summed E-state index contributed by atoms with van der Waals surface area (Å²) in [7, 11) is 0. The molecule has 5 N–H and O–H groups in total. The molecule has 0 aromatic heterocycles. The monoisotopic (exact) mass is 295 g/mol. The van der Waals surface area contributed by atoms with Crippen molar-refractivity contribution in [2.24, 2.45) is 0 Å². The minimum Gasteiger partial charge on any atom is -0.481 e. The first-order chi connectivity index (χ1) is 9.04. The lowest BCUT2D eigenvalue weighted by atomic mass is 10.4. The minimum absolute atomic E-state index is 0.599. The smallest absolute Gasteiger partial charge is 0.317 e. The fourth-order valence-electron chi connectivity index (χ4n) is 0.871. The number of nitrogens with zero attached hydrogens (tertiary/aromatic N) is 1. The van der Waals surface area contributed by atoms with Gasteiger partial charge in [0, 0.05) is 0 Å². The summed E-state index contributed by atoms with van der Waals surface area (Å²) in [5.74, 6) is -6.41. The molecular weight excluding hydrogens is 282 g/mol. The fraction of sp³-hybridized carbons (Fsp3) is 0.444. The van der Waals surface area contributed by atoms with E-state index in [1.807, 2.05) is 0 Å². The van der Waals surface area contributed by atoms with Crippen LogP contribution in [0.15, 0.2) is 0 Å². The number of aliphatic carboxylic acids is 5. The molecule has 0 aromatic carbocycles. The fourth-order valence-corrected chi connectivity index (χ4v) is 0.871. The van der Waals surface area contributed by atoms with Crippen LogP contribution in [0.3, 0.4) is 0 Å². The van der Waals surface area contributed by atoms with Crippen molar-refractivity contribution in [1.29, 1.82) is 0 Å². The van der Waals surface area contributed by atoms with Crippen molar-refractivity contribution in [3.8, 4) is 0 Å². The molecule has 114 valence electrons. The molecule has 0 aliphatic carbocycles. The quantitative estimate of drug-likeness (QED) is 0.314. The standard InChI is InChI=1S/C6H9NO6.C3H4O4/c8-4(9)1-7(2-5(10)11)3-6(12)13;4-2(5)1-3(6)7/h1-3H2,(H,8,9)(H,10,11)(H,12,13);1H2,(H,4,5)(H,6,7). The van der Waals surface area contributed by atoms with Crippen molar-refractivity contribution in [1.82, 2.24) is 4.90 Å². The number of hydrogen-bond donors (Lipinski definition) is 5. The number of hydrogen-bond acceptors (Lipinski definition) is 6. The molecule has 0 bridgehead atoms. The van der Waals surface area contributed by atoms with Gasteiger partial charge in [0.05, 0.1) is 19.6 Å². The van der Waals surface area contributed by atoms with Crippen LogP contribution in [0.25, 0.3) is 0 Å². The van der Waals surface area contributed by atoms with Gasteiger partial charge in [0.1, 0.15) is 6.42 Å². The zero-order valence-corrected chi connectivity index (χ0v) is 10.1. The van der Waals surface area contributed by atoms with Crippen molar-refractivity contribution in [3.63, 3.8) is 0 Å². The van der Waals surface area contributed by atoms with E-state index in [2.05, 4.69) is 0 Å². The maximum Gasteiger partial charge on any atom is 0.317 e. The van der Waals surface area contributed by atoms with Crippen LogP contribution in [0.4, 0.5) is 0 Å². The van der Waals surface area contributed by atoms with Crippen molar-refractivity contribution in [2.75, 3.05) is 19.6 Å². The Labute approximate surface area is 111 Å². The highest BCUT2D eigenvalue weighted by Crippen LogP contribution is 1.87. The average molecular weight is 295 g/mol. The van der Waals surface area contributed by atoms with Gasteiger partial charge in [-0.05, 0) is 0 Å². The molecule has 0 heterocycles. The molecule has 0 radical (unpaired) electrons. The van der Waals surface area contributed by atoms with Crippen LogP contribution in [-0.4, -0.2) is 79.9 Å². The van der Waals surface area contributed by atoms with E-state index in [1.54, 1.807) is 0 Å². The molecule has 11 nitrogen and oxygen atoms in total. The highest BCUT2D eigenvalue weighted by Gasteiger charge is 2.15. The zero-order chi connectivity index (χ0) is 16.3. The molecule has 0 aliphatic heterocycles. The molecule has 0 rings (SSSR count). The Morgan fingerprint density at radius 3 is 0.900 bits per heavy atom. The average Bonchev–Trinajstić information content (AvgIpc) is 2.11. The number of carboxylic acids is 5. The third-order valence-corrected chi connectivity index (χ3v) is 1.38. The number of carboxylic acid groups (broad SMARTS) is 5. The summed E-state index contributed by atoms with van der Waals surface area (Å²) >= 11 is 0. The molecule has 0 saturated carbocycles. The van der Waals surface area contributed by atoms with Gasteiger partial charge in [0.25, 0.3) is 0 Å². The Balaban J connectivity index is 0. The second-order valence-corrected chi connectivity index (χ2v) is 3.29. The largest absolute Gasteiger partial charge is 0.481 e. The predicted molar refractivity (Wildman–Crippen MR) is 59.2 cm³/mol. The highest BCUT2D eigenvalue weighted by atomic mass is 16.4. The molecule has 20 heavy (non-hydrogen) atoms. The lowest BCUT2D eigenvalue weighted by molar-refractivity contribution is -0.148. The van der Waals surface area contributed by atoms with Gasteiger partial charge in [-0.15, -0.1) is 0 Å². The van der Waals surface area contributed by atoms with E-state index in [4.69, 9.17) is 25.5 Å². The first-order valence-corrected chi connectivity index (χ1v) is 4.86. The first-order valence-electron chi connectivity index (χ1n) is 4.86. The van der Waals surface area contributed by atoms with E-state index in [9.17, 15) is 24.0 Å². The normalized spacial score (nSPS) is 9.25. The third kappa shape index (κ3) is 17.7. The summed E-state index contributed by atoms with van der Waals surface area (Å²) in [6.07, 6.45) is -0.806. The summed E-state index contributed by atoms with van der Waals surface area (Å²) in [5.41, 5.74) is 0. The molecule has 0 spiro atoms. The topological polar surface area (TPSA) is 190 Å². The van der Waals surface area contributed by atoms with Crippen LogP contribution in [0.5, 0.6) is 0 Å². The Hall–Kier alpha value is -2.69. The van der Waals surface area contributed by atoms with Gasteiger partial charge < -0.3 is 25.5 Å². The molecule has 0 saturated heterocycles. The molecular formula is C9H13NO10. The van der Waals surface area contributed by atoms with Crippen LogP contribution >= 0.6 is 0 Å². The molecule has 0 aliphatic rings. The van der Waals surface area contributed by atoms with E-state index >= 15 is 0 Å². The molecule has 0 aromatic rings. The summed E-state index contributed by atoms with van der Waals surface area (Å²) in [5, 5.41) is 40.3. The minimum atomic E-state index is -1.31. The van der Waals surface area contributed by atoms with E-state index in [0.717, 1.165) is 4.90 Å². The molecule has 11 heteroatoms. The van der Waals surface area contributed by atoms with Crippen molar-refractivity contribution >= 4 is 29.8 Å². The van der Waals surface area contributed by atoms with Crippen molar-refractivity contribution < 1.29 is 49.5 Å². The van der Waals surface area contributed by atoms with Crippen LogP contribution < -0.4 is 0 Å². The first kappa shape index (κ1) is 19.6. The van der Waals surface area contributed by atoms with Gasteiger partial charge in [-0.3, -0.25) is 28.9 Å². The van der Waals surface area contributed by atoms with Gasteiger partial charge in [-0.2, -0.15) is 0 Å². The maximum absolute atomic E-state index is 10.1. The van der Waals surface area contributed by atoms with Crippen LogP contribution in [-0.2, 0) is 24.0 Å². The van der Waals surface area contributed by atoms with E-state index in [1.165, 1.54) is 0 Å². The van der Waals surface area contributed by atoms with Crippen molar-refractivity contribution in [3.05, 3.63) is 0 Å². The molecule has 0 amide bonds.